The average molecular weight is 320 g/mol. The van der Waals surface area contributed by atoms with E-state index in [-0.39, 0.29) is 5.91 Å². The van der Waals surface area contributed by atoms with E-state index in [2.05, 4.69) is 4.98 Å². The zero-order chi connectivity index (χ0) is 15.0. The van der Waals surface area contributed by atoms with Gasteiger partial charge in [-0.1, -0.05) is 0 Å². The number of rotatable bonds is 2. The maximum atomic E-state index is 12.5. The lowest BCUT2D eigenvalue weighted by molar-refractivity contribution is -0.181. The van der Waals surface area contributed by atoms with Crippen LogP contribution < -0.4 is 0 Å². The van der Waals surface area contributed by atoms with Gasteiger partial charge in [0.15, 0.2) is 16.6 Å². The van der Waals surface area contributed by atoms with E-state index in [0.29, 0.717) is 50.6 Å². The van der Waals surface area contributed by atoms with E-state index in [0.717, 1.165) is 5.01 Å². The third kappa shape index (κ3) is 2.45. The van der Waals surface area contributed by atoms with Crippen LogP contribution in [0, 0.1) is 0 Å². The number of likely N-dealkylation sites (tertiary alicyclic amines) is 1. The highest BCUT2D eigenvalue weighted by Crippen LogP contribution is 2.32. The van der Waals surface area contributed by atoms with E-state index in [1.807, 2.05) is 17.0 Å². The first-order chi connectivity index (χ1) is 10.8. The molecule has 2 fully saturated rings. The minimum atomic E-state index is -0.460. The lowest BCUT2D eigenvalue weighted by Crippen LogP contribution is -2.47. The van der Waals surface area contributed by atoms with Gasteiger partial charge in [0.1, 0.15) is 5.69 Å². The topological polar surface area (TPSA) is 64.8 Å². The summed E-state index contributed by atoms with van der Waals surface area (Å²) in [5, 5.41) is 2.51. The molecule has 2 saturated heterocycles. The first-order valence-electron chi connectivity index (χ1n) is 7.32. The molecule has 1 spiro atoms. The average Bonchev–Trinajstić information content (AvgIpc) is 3.29. The molecule has 2 aromatic heterocycles. The van der Waals surface area contributed by atoms with Crippen LogP contribution in [-0.4, -0.2) is 47.9 Å². The number of piperidine rings is 1. The highest BCUT2D eigenvalue weighted by Gasteiger charge is 2.41. The summed E-state index contributed by atoms with van der Waals surface area (Å²) in [6, 6.07) is 3.65. The van der Waals surface area contributed by atoms with Crippen molar-refractivity contribution in [2.24, 2.45) is 0 Å². The Morgan fingerprint density at radius 1 is 1.27 bits per heavy atom. The third-order valence-electron chi connectivity index (χ3n) is 4.08. The molecule has 2 aromatic rings. The molecular formula is C15H16N2O4S. The second-order valence-corrected chi connectivity index (χ2v) is 6.27. The van der Waals surface area contributed by atoms with Crippen LogP contribution in [-0.2, 0) is 9.47 Å². The molecule has 2 aliphatic rings. The number of carbonyl (C=O) groups excluding carboxylic acids is 1. The van der Waals surface area contributed by atoms with E-state index in [4.69, 9.17) is 13.9 Å². The third-order valence-corrected chi connectivity index (χ3v) is 4.94. The Labute approximate surface area is 131 Å². The highest BCUT2D eigenvalue weighted by atomic mass is 32.1. The molecule has 0 aliphatic carbocycles. The molecular weight excluding hydrogens is 304 g/mol. The molecule has 0 N–H and O–H groups in total. The van der Waals surface area contributed by atoms with Gasteiger partial charge in [-0.05, 0) is 12.1 Å². The molecule has 4 heterocycles. The Kier molecular flexibility index (Phi) is 3.48. The first-order valence-corrected chi connectivity index (χ1v) is 8.20. The summed E-state index contributed by atoms with van der Waals surface area (Å²) >= 11 is 1.42. The van der Waals surface area contributed by atoms with E-state index in [1.165, 1.54) is 11.3 Å². The minimum absolute atomic E-state index is 0.0399. The van der Waals surface area contributed by atoms with Crippen molar-refractivity contribution in [1.82, 2.24) is 9.88 Å². The number of furan rings is 1. The normalized spacial score (nSPS) is 20.6. The van der Waals surface area contributed by atoms with Crippen LogP contribution in [0.15, 0.2) is 28.2 Å². The number of hydrogen-bond donors (Lipinski definition) is 0. The molecule has 1 amide bonds. The van der Waals surface area contributed by atoms with Gasteiger partial charge in [-0.3, -0.25) is 4.79 Å². The van der Waals surface area contributed by atoms with Crippen LogP contribution in [0.3, 0.4) is 0 Å². The van der Waals surface area contributed by atoms with E-state index in [1.54, 1.807) is 11.6 Å². The quantitative estimate of drug-likeness (QED) is 0.850. The van der Waals surface area contributed by atoms with Gasteiger partial charge >= 0.3 is 0 Å². The predicted octanol–water partition coefficient (Wildman–Crippen LogP) is 2.38. The molecule has 4 rings (SSSR count). The van der Waals surface area contributed by atoms with Crippen molar-refractivity contribution in [1.29, 1.82) is 0 Å². The zero-order valence-corrected chi connectivity index (χ0v) is 12.8. The summed E-state index contributed by atoms with van der Waals surface area (Å²) in [5.41, 5.74) is 0.473. The monoisotopic (exact) mass is 320 g/mol. The van der Waals surface area contributed by atoms with Gasteiger partial charge in [0.25, 0.3) is 5.91 Å². The van der Waals surface area contributed by atoms with Gasteiger partial charge in [0, 0.05) is 31.3 Å². The summed E-state index contributed by atoms with van der Waals surface area (Å²) in [6.07, 6.45) is 3.03. The number of carbonyl (C=O) groups is 1. The fraction of sp³-hybridized carbons (Fsp3) is 0.467. The van der Waals surface area contributed by atoms with Gasteiger partial charge in [0.2, 0.25) is 0 Å². The molecule has 7 heteroatoms. The molecule has 0 atom stereocenters. The van der Waals surface area contributed by atoms with Crippen molar-refractivity contribution in [3.05, 3.63) is 29.5 Å². The summed E-state index contributed by atoms with van der Waals surface area (Å²) in [4.78, 5) is 18.7. The molecule has 116 valence electrons. The summed E-state index contributed by atoms with van der Waals surface area (Å²) in [7, 11) is 0. The predicted molar refractivity (Wildman–Crippen MR) is 79.6 cm³/mol. The molecule has 0 aromatic carbocycles. The van der Waals surface area contributed by atoms with E-state index in [9.17, 15) is 4.79 Å². The second kappa shape index (κ2) is 5.49. The largest absolute Gasteiger partial charge is 0.462 e. The van der Waals surface area contributed by atoms with Crippen molar-refractivity contribution in [3.63, 3.8) is 0 Å². The number of thiazole rings is 1. The number of hydrogen-bond acceptors (Lipinski definition) is 6. The van der Waals surface area contributed by atoms with Crippen molar-refractivity contribution in [3.8, 4) is 10.8 Å². The Bertz CT molecular complexity index is 651. The molecule has 22 heavy (non-hydrogen) atoms. The second-order valence-electron chi connectivity index (χ2n) is 5.42. The maximum absolute atomic E-state index is 12.5. The van der Waals surface area contributed by atoms with Crippen LogP contribution in [0.25, 0.3) is 10.8 Å². The number of amides is 1. The SMILES string of the molecule is O=C(c1csc(-c2ccco2)n1)N1CCC2(CC1)OCCO2. The van der Waals surface area contributed by atoms with Gasteiger partial charge < -0.3 is 18.8 Å². The highest BCUT2D eigenvalue weighted by molar-refractivity contribution is 7.13. The lowest BCUT2D eigenvalue weighted by atomic mass is 10.0. The van der Waals surface area contributed by atoms with Gasteiger partial charge in [-0.15, -0.1) is 11.3 Å². The zero-order valence-electron chi connectivity index (χ0n) is 12.0. The van der Waals surface area contributed by atoms with Crippen LogP contribution in [0.1, 0.15) is 23.3 Å². The summed E-state index contributed by atoms with van der Waals surface area (Å²) in [6.45, 7) is 2.55. The fourth-order valence-corrected chi connectivity index (χ4v) is 3.64. The van der Waals surface area contributed by atoms with Crippen LogP contribution in [0.4, 0.5) is 0 Å². The molecule has 0 saturated carbocycles. The van der Waals surface area contributed by atoms with Crippen LogP contribution in [0.5, 0.6) is 0 Å². The molecule has 6 nitrogen and oxygen atoms in total. The van der Waals surface area contributed by atoms with Gasteiger partial charge in [-0.2, -0.15) is 0 Å². The van der Waals surface area contributed by atoms with Crippen LogP contribution >= 0.6 is 11.3 Å². The van der Waals surface area contributed by atoms with Crippen molar-refractivity contribution in [2.75, 3.05) is 26.3 Å². The van der Waals surface area contributed by atoms with E-state index >= 15 is 0 Å². The Morgan fingerprint density at radius 3 is 2.73 bits per heavy atom. The lowest BCUT2D eigenvalue weighted by Gasteiger charge is -2.37. The minimum Gasteiger partial charge on any atom is -0.462 e. The maximum Gasteiger partial charge on any atom is 0.273 e. The standard InChI is InChI=1S/C15H16N2O4S/c18-14(11-10-22-13(16-11)12-2-1-7-19-12)17-5-3-15(4-6-17)20-8-9-21-15/h1-2,7,10H,3-6,8-9H2. The van der Waals surface area contributed by atoms with Crippen molar-refractivity contribution < 1.29 is 18.7 Å². The van der Waals surface area contributed by atoms with Gasteiger partial charge in [0.05, 0.1) is 19.5 Å². The summed E-state index contributed by atoms with van der Waals surface area (Å²) in [5.74, 6) is 0.189. The molecule has 0 bridgehead atoms. The van der Waals surface area contributed by atoms with Crippen LogP contribution in [0.2, 0.25) is 0 Å². The molecule has 2 aliphatic heterocycles. The van der Waals surface area contributed by atoms with Crippen molar-refractivity contribution in [2.45, 2.75) is 18.6 Å². The van der Waals surface area contributed by atoms with E-state index < -0.39 is 5.79 Å². The van der Waals surface area contributed by atoms with Crippen molar-refractivity contribution >= 4 is 17.2 Å². The molecule has 0 radical (unpaired) electrons. The Balaban J connectivity index is 1.44. The molecule has 0 unspecified atom stereocenters. The fourth-order valence-electron chi connectivity index (χ4n) is 2.88. The Hall–Kier alpha value is -1.70. The number of aromatic nitrogens is 1. The smallest absolute Gasteiger partial charge is 0.273 e. The number of ether oxygens (including phenoxy) is 2. The first kappa shape index (κ1) is 13.9. The number of nitrogens with zero attached hydrogens (tertiary/aromatic N) is 2. The summed E-state index contributed by atoms with van der Waals surface area (Å²) < 4.78 is 16.7. The Morgan fingerprint density at radius 2 is 2.05 bits per heavy atom. The van der Waals surface area contributed by atoms with Gasteiger partial charge in [-0.25, -0.2) is 4.98 Å².